The largest absolute Gasteiger partial charge is 0.480 e. The van der Waals surface area contributed by atoms with Crippen LogP contribution < -0.4 is 0 Å². The number of hydrogen-bond acceptors (Lipinski definition) is 5. The molecule has 1 aromatic carbocycles. The van der Waals surface area contributed by atoms with E-state index < -0.39 is 33.9 Å². The number of carboxylic acid groups (broad SMARTS) is 1. The van der Waals surface area contributed by atoms with Crippen LogP contribution in [0.2, 0.25) is 0 Å². The Kier molecular flexibility index (Phi) is 5.49. The van der Waals surface area contributed by atoms with Gasteiger partial charge in [0, 0.05) is 23.1 Å². The molecule has 1 N–H and O–H groups in total. The van der Waals surface area contributed by atoms with E-state index in [1.807, 2.05) is 0 Å². The van der Waals surface area contributed by atoms with E-state index in [1.54, 1.807) is 31.2 Å². The minimum Gasteiger partial charge on any atom is -0.480 e. The maximum atomic E-state index is 12.2. The molecule has 2 rings (SSSR count). The summed E-state index contributed by atoms with van der Waals surface area (Å²) in [6.07, 6.45) is 0. The van der Waals surface area contributed by atoms with E-state index in [1.165, 1.54) is 0 Å². The van der Waals surface area contributed by atoms with Crippen LogP contribution in [0.4, 0.5) is 0 Å². The second kappa shape index (κ2) is 7.36. The predicted octanol–water partition coefficient (Wildman–Crippen LogP) is 0.407. The van der Waals surface area contributed by atoms with Crippen LogP contribution in [-0.2, 0) is 30.9 Å². The van der Waals surface area contributed by atoms with Crippen molar-refractivity contribution >= 4 is 28.6 Å². The van der Waals surface area contributed by atoms with Crippen LogP contribution in [0.3, 0.4) is 0 Å². The smallest absolute Gasteiger partial charge is 0.338 e. The third-order valence-corrected chi connectivity index (χ3v) is 4.99. The standard InChI is InChI=1S/C15H17NO6S/c1-2-22-15(20)11-5-3-10(4-6-11)9-23(21)12-7-16(14(12)19)8-13(17)18/h3-6,12H,2,7-9H2,1H3,(H,17,18)/t12-,23?/m1/s1. The summed E-state index contributed by atoms with van der Waals surface area (Å²) in [5.41, 5.74) is 1.15. The van der Waals surface area contributed by atoms with Gasteiger partial charge in [0.05, 0.1) is 12.2 Å². The van der Waals surface area contributed by atoms with Crippen molar-refractivity contribution in [1.82, 2.24) is 4.90 Å². The first kappa shape index (κ1) is 17.1. The number of carboxylic acids is 1. The van der Waals surface area contributed by atoms with Crippen molar-refractivity contribution in [1.29, 1.82) is 0 Å². The molecule has 1 heterocycles. The molecule has 1 aliphatic rings. The number of likely N-dealkylation sites (tertiary alicyclic amines) is 1. The first-order valence-electron chi connectivity index (χ1n) is 7.06. The number of β-lactam (4-membered cyclic amide) rings is 1. The highest BCUT2D eigenvalue weighted by atomic mass is 32.2. The lowest BCUT2D eigenvalue weighted by molar-refractivity contribution is -0.149. The average molecular weight is 339 g/mol. The van der Waals surface area contributed by atoms with Crippen molar-refractivity contribution in [3.05, 3.63) is 35.4 Å². The quantitative estimate of drug-likeness (QED) is 0.570. The summed E-state index contributed by atoms with van der Waals surface area (Å²) in [5.74, 6) is -1.72. The molecule has 1 saturated heterocycles. The lowest BCUT2D eigenvalue weighted by atomic mass is 10.1. The van der Waals surface area contributed by atoms with Crippen LogP contribution in [0.15, 0.2) is 24.3 Å². The zero-order valence-corrected chi connectivity index (χ0v) is 13.4. The van der Waals surface area contributed by atoms with Crippen molar-refractivity contribution in [2.24, 2.45) is 0 Å². The summed E-state index contributed by atoms with van der Waals surface area (Å²) in [6, 6.07) is 6.51. The van der Waals surface area contributed by atoms with Crippen LogP contribution in [0.1, 0.15) is 22.8 Å². The Morgan fingerprint density at radius 1 is 1.35 bits per heavy atom. The van der Waals surface area contributed by atoms with E-state index in [2.05, 4.69) is 0 Å². The molecule has 0 bridgehead atoms. The number of esters is 1. The van der Waals surface area contributed by atoms with Gasteiger partial charge in [0.25, 0.3) is 0 Å². The number of aliphatic carboxylic acids is 1. The SMILES string of the molecule is CCOC(=O)c1ccc(CS(=O)[C@@H]2CN(CC(=O)O)C2=O)cc1. The molecule has 1 unspecified atom stereocenters. The van der Waals surface area contributed by atoms with Crippen LogP contribution in [0.25, 0.3) is 0 Å². The molecule has 7 nitrogen and oxygen atoms in total. The van der Waals surface area contributed by atoms with Crippen molar-refractivity contribution < 1.29 is 28.4 Å². The first-order chi connectivity index (χ1) is 10.9. The summed E-state index contributed by atoms with van der Waals surface area (Å²) in [7, 11) is -1.42. The number of amides is 1. The third kappa shape index (κ3) is 4.16. The molecule has 1 aliphatic heterocycles. The fourth-order valence-electron chi connectivity index (χ4n) is 2.18. The monoisotopic (exact) mass is 339 g/mol. The van der Waals surface area contributed by atoms with Crippen molar-refractivity contribution in [3.63, 3.8) is 0 Å². The van der Waals surface area contributed by atoms with Gasteiger partial charge in [-0.15, -0.1) is 0 Å². The normalized spacial score (nSPS) is 18.2. The molecule has 1 amide bonds. The highest BCUT2D eigenvalue weighted by Crippen LogP contribution is 2.19. The number of carbonyl (C=O) groups excluding carboxylic acids is 2. The second-order valence-electron chi connectivity index (χ2n) is 5.04. The molecule has 2 atom stereocenters. The number of rotatable bonds is 7. The second-order valence-corrected chi connectivity index (χ2v) is 6.66. The molecule has 0 aromatic heterocycles. The fraction of sp³-hybridized carbons (Fsp3) is 0.400. The van der Waals surface area contributed by atoms with Gasteiger partial charge in [-0.05, 0) is 24.6 Å². The van der Waals surface area contributed by atoms with Gasteiger partial charge in [0.1, 0.15) is 11.8 Å². The number of carbonyl (C=O) groups is 3. The maximum absolute atomic E-state index is 12.2. The molecule has 23 heavy (non-hydrogen) atoms. The molecule has 0 spiro atoms. The van der Waals surface area contributed by atoms with Gasteiger partial charge in [-0.2, -0.15) is 0 Å². The Labute approximate surface area is 135 Å². The fourth-order valence-corrected chi connectivity index (χ4v) is 3.62. The number of hydrogen-bond donors (Lipinski definition) is 1. The van der Waals surface area contributed by atoms with E-state index >= 15 is 0 Å². The Hall–Kier alpha value is -2.22. The summed E-state index contributed by atoms with van der Waals surface area (Å²) in [4.78, 5) is 35.0. The zero-order valence-electron chi connectivity index (χ0n) is 12.6. The Morgan fingerprint density at radius 3 is 2.52 bits per heavy atom. The van der Waals surface area contributed by atoms with Gasteiger partial charge in [-0.25, -0.2) is 4.79 Å². The molecule has 0 radical (unpaired) electrons. The predicted molar refractivity (Wildman–Crippen MR) is 82.2 cm³/mol. The van der Waals surface area contributed by atoms with Gasteiger partial charge in [-0.1, -0.05) is 12.1 Å². The van der Waals surface area contributed by atoms with Crippen LogP contribution >= 0.6 is 0 Å². The summed E-state index contributed by atoms with van der Waals surface area (Å²) in [6.45, 7) is 1.85. The third-order valence-electron chi connectivity index (χ3n) is 3.39. The van der Waals surface area contributed by atoms with Crippen molar-refractivity contribution in [3.8, 4) is 0 Å². The highest BCUT2D eigenvalue weighted by molar-refractivity contribution is 7.85. The summed E-state index contributed by atoms with van der Waals surface area (Å²) < 4.78 is 17.1. The molecular weight excluding hydrogens is 322 g/mol. The van der Waals surface area contributed by atoms with E-state index in [0.717, 1.165) is 10.5 Å². The van der Waals surface area contributed by atoms with E-state index in [4.69, 9.17) is 9.84 Å². The van der Waals surface area contributed by atoms with Crippen LogP contribution in [0, 0.1) is 0 Å². The van der Waals surface area contributed by atoms with Crippen molar-refractivity contribution in [2.75, 3.05) is 19.7 Å². The molecular formula is C15H17NO6S. The molecule has 0 saturated carbocycles. The van der Waals surface area contributed by atoms with Gasteiger partial charge in [0.15, 0.2) is 0 Å². The van der Waals surface area contributed by atoms with Gasteiger partial charge >= 0.3 is 11.9 Å². The van der Waals surface area contributed by atoms with Crippen LogP contribution in [-0.4, -0.2) is 57.0 Å². The van der Waals surface area contributed by atoms with E-state index in [9.17, 15) is 18.6 Å². The molecule has 0 aliphatic carbocycles. The lowest BCUT2D eigenvalue weighted by Gasteiger charge is -2.36. The van der Waals surface area contributed by atoms with E-state index in [-0.39, 0.29) is 18.8 Å². The summed E-state index contributed by atoms with van der Waals surface area (Å²) >= 11 is 0. The highest BCUT2D eigenvalue weighted by Gasteiger charge is 2.41. The van der Waals surface area contributed by atoms with Crippen molar-refractivity contribution in [2.45, 2.75) is 17.9 Å². The lowest BCUT2D eigenvalue weighted by Crippen LogP contribution is -2.59. The van der Waals surface area contributed by atoms with Gasteiger partial charge in [0.2, 0.25) is 5.91 Å². The zero-order chi connectivity index (χ0) is 17.0. The van der Waals surface area contributed by atoms with Crippen LogP contribution in [0.5, 0.6) is 0 Å². The van der Waals surface area contributed by atoms with Gasteiger partial charge in [-0.3, -0.25) is 13.8 Å². The Balaban J connectivity index is 1.90. The Morgan fingerprint density at radius 2 is 2.00 bits per heavy atom. The number of benzene rings is 1. The number of ether oxygens (including phenoxy) is 1. The summed E-state index contributed by atoms with van der Waals surface area (Å²) in [5, 5.41) is 7.97. The number of nitrogens with zero attached hydrogens (tertiary/aromatic N) is 1. The maximum Gasteiger partial charge on any atom is 0.338 e. The molecule has 1 aromatic rings. The molecule has 8 heteroatoms. The van der Waals surface area contributed by atoms with E-state index in [0.29, 0.717) is 12.2 Å². The first-order valence-corrected chi connectivity index (χ1v) is 8.44. The average Bonchev–Trinajstić information content (AvgIpc) is 2.51. The Bertz CT molecular complexity index is 642. The minimum absolute atomic E-state index is 0.181. The topological polar surface area (TPSA) is 101 Å². The molecule has 124 valence electrons. The van der Waals surface area contributed by atoms with Gasteiger partial charge < -0.3 is 14.7 Å². The molecule has 1 fully saturated rings. The minimum atomic E-state index is -1.42.